The van der Waals surface area contributed by atoms with Gasteiger partial charge in [0, 0.05) is 0 Å². The summed E-state index contributed by atoms with van der Waals surface area (Å²) in [6, 6.07) is 0. The Labute approximate surface area is 110 Å². The molecule has 0 aliphatic rings. The second kappa shape index (κ2) is 7.57. The van der Waals surface area contributed by atoms with Crippen molar-refractivity contribution in [1.82, 2.24) is 0 Å². The van der Waals surface area contributed by atoms with E-state index < -0.39 is 46.7 Å². The predicted octanol–water partition coefficient (Wildman–Crippen LogP) is 1.14. The van der Waals surface area contributed by atoms with Gasteiger partial charge in [0.25, 0.3) is 11.9 Å². The molecule has 5 atom stereocenters. The Kier molecular flexibility index (Phi) is 8.55. The van der Waals surface area contributed by atoms with Gasteiger partial charge >= 0.3 is 29.0 Å². The summed E-state index contributed by atoms with van der Waals surface area (Å²) in [5, 5.41) is 0. The van der Waals surface area contributed by atoms with Crippen LogP contribution >= 0.6 is 0 Å². The topological polar surface area (TPSA) is 54.4 Å². The first-order chi connectivity index (χ1) is 7.50. The molecule has 0 aliphatic heterocycles. The molecule has 1 N–H and O–H groups in total. The van der Waals surface area contributed by atoms with E-state index in [0.717, 1.165) is 0 Å². The Morgan fingerprint density at radius 2 is 1.06 bits per heavy atom. The summed E-state index contributed by atoms with van der Waals surface area (Å²) in [5.74, 6) is 0. The van der Waals surface area contributed by atoms with Crippen LogP contribution in [-0.4, -0.2) is 68.4 Å². The van der Waals surface area contributed by atoms with Gasteiger partial charge in [-0.3, -0.25) is 4.55 Å². The van der Waals surface area contributed by atoms with Gasteiger partial charge in [0.05, 0.1) is 0 Å². The van der Waals surface area contributed by atoms with Crippen molar-refractivity contribution in [2.24, 2.45) is 0 Å². The average molecular weight is 300 g/mol. The Morgan fingerprint density at radius 1 is 0.722 bits per heavy atom. The van der Waals surface area contributed by atoms with Gasteiger partial charge in [-0.25, -0.2) is 30.7 Å². The van der Waals surface area contributed by atoms with E-state index in [1.54, 1.807) is 0 Å². The van der Waals surface area contributed by atoms with E-state index in [4.69, 9.17) is 4.55 Å². The van der Waals surface area contributed by atoms with Gasteiger partial charge in [-0.2, -0.15) is 8.42 Å². The van der Waals surface area contributed by atoms with Crippen LogP contribution in [0.5, 0.6) is 0 Å². The zero-order valence-corrected chi connectivity index (χ0v) is 8.60. The van der Waals surface area contributed by atoms with Gasteiger partial charge in [0.1, 0.15) is 0 Å². The molecule has 0 heterocycles. The molecule has 3 nitrogen and oxygen atoms in total. The minimum atomic E-state index is -5.68. The Morgan fingerprint density at radius 3 is 1.33 bits per heavy atom. The first-order valence-corrected chi connectivity index (χ1v) is 5.45. The van der Waals surface area contributed by atoms with Gasteiger partial charge < -0.3 is 0 Å². The van der Waals surface area contributed by atoms with Crippen LogP contribution in [0.1, 0.15) is 0 Å². The zero-order chi connectivity index (χ0) is 14.0. The van der Waals surface area contributed by atoms with Crippen LogP contribution in [0.25, 0.3) is 0 Å². The van der Waals surface area contributed by atoms with E-state index in [-0.39, 0.29) is 18.9 Å². The summed E-state index contributed by atoms with van der Waals surface area (Å²) in [6.07, 6.45) is -19.1. The van der Waals surface area contributed by atoms with Crippen molar-refractivity contribution < 1.29 is 43.7 Å². The molecule has 0 spiro atoms. The van der Waals surface area contributed by atoms with Crippen LogP contribution in [0, 0.1) is 0 Å². The summed E-state index contributed by atoms with van der Waals surface area (Å²) in [5.41, 5.74) is -3.89. The van der Waals surface area contributed by atoms with Gasteiger partial charge in [-0.1, -0.05) is 0 Å². The number of rotatable bonds is 6. The predicted molar refractivity (Wildman–Crippen MR) is 49.2 cm³/mol. The molecule has 0 radical (unpaired) electrons. The molecular weight excluding hydrogens is 292 g/mol. The van der Waals surface area contributed by atoms with E-state index in [2.05, 4.69) is 0 Å². The first-order valence-electron chi connectivity index (χ1n) is 3.95. The molecule has 0 bridgehead atoms. The van der Waals surface area contributed by atoms with Crippen LogP contribution in [-0.2, 0) is 10.1 Å². The molecular formula is C6H8F7LiO3S. The summed E-state index contributed by atoms with van der Waals surface area (Å²) < 4.78 is 114. The van der Waals surface area contributed by atoms with Gasteiger partial charge in [0.2, 0.25) is 0 Å². The summed E-state index contributed by atoms with van der Waals surface area (Å²) in [6.45, 7) is 0. The van der Waals surface area contributed by atoms with Crippen LogP contribution in [0.15, 0.2) is 0 Å². The molecule has 0 saturated heterocycles. The molecule has 0 amide bonds. The van der Waals surface area contributed by atoms with Gasteiger partial charge in [-0.05, 0) is 0 Å². The van der Waals surface area contributed by atoms with Crippen LogP contribution < -0.4 is 0 Å². The molecule has 106 valence electrons. The third kappa shape index (κ3) is 5.34. The number of hydrogen-bond acceptors (Lipinski definition) is 2. The second-order valence-electron chi connectivity index (χ2n) is 2.98. The molecule has 0 aromatic heterocycles. The fourth-order valence-corrected chi connectivity index (χ4v) is 1.28. The van der Waals surface area contributed by atoms with Crippen molar-refractivity contribution in [1.29, 1.82) is 0 Å². The number of hydrogen-bond donors (Lipinski definition) is 1. The zero-order valence-electron chi connectivity index (χ0n) is 7.78. The normalized spacial score (nSPS) is 20.7. The summed E-state index contributed by atoms with van der Waals surface area (Å²) in [7, 11) is -5.68. The molecule has 0 fully saturated rings. The summed E-state index contributed by atoms with van der Waals surface area (Å²) in [4.78, 5) is 0. The molecule has 12 heteroatoms. The van der Waals surface area contributed by atoms with Crippen molar-refractivity contribution in [3.8, 4) is 0 Å². The molecule has 0 aromatic carbocycles. The third-order valence-corrected chi connectivity index (χ3v) is 2.52. The fraction of sp³-hybridized carbons (Fsp3) is 1.00. The van der Waals surface area contributed by atoms with Gasteiger partial charge in [0.15, 0.2) is 24.7 Å². The molecule has 0 saturated carbocycles. The summed E-state index contributed by atoms with van der Waals surface area (Å²) >= 11 is 0. The van der Waals surface area contributed by atoms with Crippen molar-refractivity contribution in [2.45, 2.75) is 36.6 Å². The monoisotopic (exact) mass is 300 g/mol. The Bertz CT molecular complexity index is 340. The SMILES string of the molecule is O=S(=O)(O)C(F)C(F)C(F)C(F)C(F)C(F)F.[LiH]. The number of alkyl halides is 7. The first kappa shape index (κ1) is 20.3. The Hall–Kier alpha value is 0.0174. The van der Waals surface area contributed by atoms with E-state index >= 15 is 0 Å². The quantitative estimate of drug-likeness (QED) is 0.455. The van der Waals surface area contributed by atoms with E-state index in [9.17, 15) is 39.2 Å². The average Bonchev–Trinajstić information content (AvgIpc) is 2.22. The standard InChI is InChI=1S/C6H7F7O3S.Li.H/c7-1(3(9)5(11)12)2(8)4(10)6(13)17(14,15)16;;/h1-6H,(H,14,15,16);;. The Balaban J connectivity index is 0. The van der Waals surface area contributed by atoms with Crippen molar-refractivity contribution in [2.75, 3.05) is 0 Å². The minimum absolute atomic E-state index is 0. The molecule has 0 aromatic rings. The van der Waals surface area contributed by atoms with Crippen molar-refractivity contribution in [3.63, 3.8) is 0 Å². The van der Waals surface area contributed by atoms with Gasteiger partial charge in [-0.15, -0.1) is 0 Å². The van der Waals surface area contributed by atoms with E-state index in [0.29, 0.717) is 0 Å². The maximum absolute atomic E-state index is 12.6. The van der Waals surface area contributed by atoms with Crippen LogP contribution in [0.2, 0.25) is 0 Å². The second-order valence-corrected chi connectivity index (χ2v) is 4.46. The maximum atomic E-state index is 12.6. The number of halogens is 7. The van der Waals surface area contributed by atoms with E-state index in [1.807, 2.05) is 0 Å². The van der Waals surface area contributed by atoms with E-state index in [1.165, 1.54) is 0 Å². The fourth-order valence-electron chi connectivity index (χ4n) is 0.799. The molecule has 0 aliphatic carbocycles. The van der Waals surface area contributed by atoms with Crippen LogP contribution in [0.4, 0.5) is 30.7 Å². The molecule has 0 rings (SSSR count). The molecule has 18 heavy (non-hydrogen) atoms. The van der Waals surface area contributed by atoms with Crippen molar-refractivity contribution >= 4 is 29.0 Å². The van der Waals surface area contributed by atoms with Crippen molar-refractivity contribution in [3.05, 3.63) is 0 Å². The third-order valence-electron chi connectivity index (χ3n) is 1.69. The molecule has 5 unspecified atom stereocenters. The van der Waals surface area contributed by atoms with Crippen LogP contribution in [0.3, 0.4) is 0 Å².